The Labute approximate surface area is 125 Å². The summed E-state index contributed by atoms with van der Waals surface area (Å²) >= 11 is 7.37. The maximum atomic E-state index is 12.4. The molecule has 20 heavy (non-hydrogen) atoms. The number of benzene rings is 1. The minimum absolute atomic E-state index is 0.128. The normalized spacial score (nSPS) is 10.7. The van der Waals surface area contributed by atoms with Crippen LogP contribution in [0.3, 0.4) is 0 Å². The van der Waals surface area contributed by atoms with Crippen molar-refractivity contribution in [2.45, 2.75) is 6.92 Å². The average molecular weight is 312 g/mol. The van der Waals surface area contributed by atoms with Crippen molar-refractivity contribution in [3.8, 4) is 0 Å². The highest BCUT2D eigenvalue weighted by atomic mass is 35.5. The van der Waals surface area contributed by atoms with Gasteiger partial charge in [-0.3, -0.25) is 9.59 Å². The molecule has 1 heterocycles. The molecule has 1 aromatic carbocycles. The summed E-state index contributed by atoms with van der Waals surface area (Å²) in [4.78, 5) is 25.2. The quantitative estimate of drug-likeness (QED) is 0.906. The number of primary amides is 1. The van der Waals surface area contributed by atoms with E-state index in [0.717, 1.165) is 4.70 Å². The highest BCUT2D eigenvalue weighted by molar-refractivity contribution is 7.21. The molecule has 0 aliphatic rings. The monoisotopic (exact) mass is 311 g/mol. The Kier molecular flexibility index (Phi) is 4.15. The Morgan fingerprint density at radius 2 is 2.10 bits per heavy atom. The number of hydrogen-bond acceptors (Lipinski definition) is 4. The molecule has 2 rings (SSSR count). The molecule has 0 radical (unpaired) electrons. The van der Waals surface area contributed by atoms with Crippen LogP contribution in [0.2, 0.25) is 5.02 Å². The average Bonchev–Trinajstić information content (AvgIpc) is 2.73. The van der Waals surface area contributed by atoms with Gasteiger partial charge in [0, 0.05) is 16.6 Å². The van der Waals surface area contributed by atoms with Gasteiger partial charge < -0.3 is 16.4 Å². The minimum Gasteiger partial charge on any atom is -0.397 e. The van der Waals surface area contributed by atoms with Crippen molar-refractivity contribution in [1.82, 2.24) is 4.90 Å². The van der Waals surface area contributed by atoms with Gasteiger partial charge in [0.1, 0.15) is 4.88 Å². The molecule has 0 unspecified atom stereocenters. The fourth-order valence-electron chi connectivity index (χ4n) is 1.95. The fourth-order valence-corrected chi connectivity index (χ4v) is 3.40. The van der Waals surface area contributed by atoms with Gasteiger partial charge in [-0.1, -0.05) is 17.7 Å². The molecule has 2 aromatic rings. The predicted molar refractivity (Wildman–Crippen MR) is 82.0 cm³/mol. The fraction of sp³-hybridized carbons (Fsp3) is 0.231. The van der Waals surface area contributed by atoms with E-state index in [-0.39, 0.29) is 12.5 Å². The number of hydrogen-bond donors (Lipinski definition) is 2. The van der Waals surface area contributed by atoms with Gasteiger partial charge in [0.05, 0.1) is 17.3 Å². The Morgan fingerprint density at radius 3 is 2.65 bits per heavy atom. The van der Waals surface area contributed by atoms with Gasteiger partial charge in [-0.25, -0.2) is 0 Å². The van der Waals surface area contributed by atoms with Crippen molar-refractivity contribution in [1.29, 1.82) is 0 Å². The number of carbonyl (C=O) groups is 2. The molecule has 0 fully saturated rings. The van der Waals surface area contributed by atoms with Crippen LogP contribution in [-0.4, -0.2) is 29.8 Å². The third kappa shape index (κ3) is 2.57. The first-order valence-electron chi connectivity index (χ1n) is 5.99. The topological polar surface area (TPSA) is 89.4 Å². The molecule has 2 amide bonds. The van der Waals surface area contributed by atoms with Crippen molar-refractivity contribution in [3.63, 3.8) is 0 Å². The molecule has 0 aliphatic heterocycles. The summed E-state index contributed by atoms with van der Waals surface area (Å²) in [7, 11) is 0. The number of thiophene rings is 1. The maximum absolute atomic E-state index is 12.4. The summed E-state index contributed by atoms with van der Waals surface area (Å²) in [6.45, 7) is 2.03. The number of nitrogens with zero attached hydrogens (tertiary/aromatic N) is 1. The predicted octanol–water partition coefficient (Wildman–Crippen LogP) is 2.08. The summed E-state index contributed by atoms with van der Waals surface area (Å²) in [6, 6.07) is 5.38. The molecule has 0 spiro atoms. The molecule has 0 bridgehead atoms. The van der Waals surface area contributed by atoms with E-state index < -0.39 is 5.91 Å². The van der Waals surface area contributed by atoms with E-state index in [1.807, 2.05) is 6.07 Å². The Hall–Kier alpha value is -1.79. The highest BCUT2D eigenvalue weighted by Crippen LogP contribution is 2.38. The summed E-state index contributed by atoms with van der Waals surface area (Å²) in [6.07, 6.45) is 0. The third-order valence-corrected chi connectivity index (χ3v) is 4.38. The lowest BCUT2D eigenvalue weighted by Gasteiger charge is -2.18. The van der Waals surface area contributed by atoms with Gasteiger partial charge in [-0.15, -0.1) is 11.3 Å². The van der Waals surface area contributed by atoms with E-state index in [2.05, 4.69) is 0 Å². The number of anilines is 1. The van der Waals surface area contributed by atoms with Crippen molar-refractivity contribution in [3.05, 3.63) is 28.1 Å². The van der Waals surface area contributed by atoms with Gasteiger partial charge >= 0.3 is 0 Å². The van der Waals surface area contributed by atoms with Gasteiger partial charge in [0.2, 0.25) is 5.91 Å². The second kappa shape index (κ2) is 5.68. The first-order valence-corrected chi connectivity index (χ1v) is 7.19. The lowest BCUT2D eigenvalue weighted by molar-refractivity contribution is -0.118. The first-order chi connectivity index (χ1) is 9.45. The molecule has 0 atom stereocenters. The zero-order valence-corrected chi connectivity index (χ0v) is 12.4. The zero-order chi connectivity index (χ0) is 14.9. The van der Waals surface area contributed by atoms with Crippen molar-refractivity contribution < 1.29 is 9.59 Å². The number of nitrogens with two attached hydrogens (primary N) is 2. The van der Waals surface area contributed by atoms with Crippen molar-refractivity contribution in [2.75, 3.05) is 18.8 Å². The largest absolute Gasteiger partial charge is 0.397 e. The standard InChI is InChI=1S/C13H14ClN3O2S/c1-2-17(6-9(15)18)13(19)12-11(16)10-7(14)4-3-5-8(10)20-12/h3-5H,2,6,16H2,1H3,(H2,15,18). The lowest BCUT2D eigenvalue weighted by atomic mass is 10.2. The molecule has 4 N–H and O–H groups in total. The molecule has 0 saturated heterocycles. The molecule has 0 aliphatic carbocycles. The van der Waals surface area contributed by atoms with Crippen LogP contribution in [0, 0.1) is 0 Å². The number of carbonyl (C=O) groups excluding carboxylic acids is 2. The summed E-state index contributed by atoms with van der Waals surface area (Å²) in [5, 5.41) is 1.19. The first kappa shape index (κ1) is 14.6. The molecule has 7 heteroatoms. The van der Waals surface area contributed by atoms with Crippen LogP contribution in [0.5, 0.6) is 0 Å². The number of halogens is 1. The van der Waals surface area contributed by atoms with E-state index in [9.17, 15) is 9.59 Å². The molecular weight excluding hydrogens is 298 g/mol. The van der Waals surface area contributed by atoms with Crippen LogP contribution < -0.4 is 11.5 Å². The van der Waals surface area contributed by atoms with E-state index >= 15 is 0 Å². The van der Waals surface area contributed by atoms with Gasteiger partial charge in [0.15, 0.2) is 0 Å². The van der Waals surface area contributed by atoms with E-state index in [1.165, 1.54) is 16.2 Å². The molecule has 5 nitrogen and oxygen atoms in total. The van der Waals surface area contributed by atoms with Crippen molar-refractivity contribution >= 4 is 50.5 Å². The second-order valence-corrected chi connectivity index (χ2v) is 5.70. The third-order valence-electron chi connectivity index (χ3n) is 2.91. The van der Waals surface area contributed by atoms with Crippen LogP contribution in [0.1, 0.15) is 16.6 Å². The maximum Gasteiger partial charge on any atom is 0.266 e. The second-order valence-electron chi connectivity index (χ2n) is 4.24. The zero-order valence-electron chi connectivity index (χ0n) is 10.9. The lowest BCUT2D eigenvalue weighted by Crippen LogP contribution is -2.38. The van der Waals surface area contributed by atoms with Crippen LogP contribution in [0.25, 0.3) is 10.1 Å². The van der Waals surface area contributed by atoms with E-state index in [0.29, 0.717) is 27.5 Å². The summed E-state index contributed by atoms with van der Waals surface area (Å²) < 4.78 is 0.841. The van der Waals surface area contributed by atoms with Crippen LogP contribution in [0.15, 0.2) is 18.2 Å². The number of fused-ring (bicyclic) bond motifs is 1. The highest BCUT2D eigenvalue weighted by Gasteiger charge is 2.23. The molecule has 1 aromatic heterocycles. The summed E-state index contributed by atoms with van der Waals surface area (Å²) in [5.74, 6) is -0.862. The van der Waals surface area contributed by atoms with Gasteiger partial charge in [0.25, 0.3) is 5.91 Å². The number of nitrogen functional groups attached to an aromatic ring is 1. The number of amides is 2. The van der Waals surface area contributed by atoms with Crippen LogP contribution >= 0.6 is 22.9 Å². The Balaban J connectivity index is 2.47. The molecule has 0 saturated carbocycles. The minimum atomic E-state index is -0.557. The van der Waals surface area contributed by atoms with Crippen molar-refractivity contribution in [2.24, 2.45) is 5.73 Å². The molecule has 106 valence electrons. The van der Waals surface area contributed by atoms with Gasteiger partial charge in [-0.2, -0.15) is 0 Å². The smallest absolute Gasteiger partial charge is 0.266 e. The number of rotatable bonds is 4. The van der Waals surface area contributed by atoms with E-state index in [4.69, 9.17) is 23.1 Å². The Bertz CT molecular complexity index is 684. The van der Waals surface area contributed by atoms with Gasteiger partial charge in [-0.05, 0) is 19.1 Å². The number of likely N-dealkylation sites (N-methyl/N-ethyl adjacent to an activating group) is 1. The van der Waals surface area contributed by atoms with Crippen LogP contribution in [0.4, 0.5) is 5.69 Å². The van der Waals surface area contributed by atoms with Crippen LogP contribution in [-0.2, 0) is 4.79 Å². The molecular formula is C13H14ClN3O2S. The Morgan fingerprint density at radius 1 is 1.40 bits per heavy atom. The SMILES string of the molecule is CCN(CC(N)=O)C(=O)c1sc2cccc(Cl)c2c1N. The van der Waals surface area contributed by atoms with E-state index in [1.54, 1.807) is 19.1 Å². The summed E-state index contributed by atoms with van der Waals surface area (Å²) in [5.41, 5.74) is 11.5.